The number of H-pyrrole nitrogens is 1. The Morgan fingerprint density at radius 3 is 3.22 bits per heavy atom. The Morgan fingerprint density at radius 2 is 2.50 bits per heavy atom. The number of aromatic amines is 1. The van der Waals surface area contributed by atoms with Crippen LogP contribution in [0.25, 0.3) is 11.5 Å². The van der Waals surface area contributed by atoms with E-state index in [1.165, 1.54) is 11.8 Å². The van der Waals surface area contributed by atoms with E-state index in [0.717, 1.165) is 12.3 Å². The fourth-order valence-corrected chi connectivity index (χ4v) is 2.29. The lowest BCUT2D eigenvalue weighted by Gasteiger charge is -1.99. The quantitative estimate of drug-likeness (QED) is 0.859. The molecule has 92 valence electrons. The Balaban J connectivity index is 1.74. The van der Waals surface area contributed by atoms with Gasteiger partial charge in [0, 0.05) is 11.8 Å². The van der Waals surface area contributed by atoms with Crippen LogP contribution < -0.4 is 5.32 Å². The number of amidine groups is 1. The van der Waals surface area contributed by atoms with Gasteiger partial charge in [-0.25, -0.2) is 0 Å². The fraction of sp³-hybridized carbons (Fsp3) is 0.182. The predicted octanol–water partition coefficient (Wildman–Crippen LogP) is 1.50. The van der Waals surface area contributed by atoms with E-state index in [1.807, 2.05) is 0 Å². The molecule has 3 rings (SSSR count). The number of furan rings is 1. The standard InChI is InChI=1S/C11H10N4O2S/c16-10(13-11-12-3-5-18-11)8-6-7(14-15-8)9-2-1-4-17-9/h1-2,4,6H,3,5H2,(H,14,15)(H,12,13,16). The summed E-state index contributed by atoms with van der Waals surface area (Å²) in [5.74, 6) is 1.29. The molecule has 1 aliphatic rings. The molecule has 1 aliphatic heterocycles. The molecular weight excluding hydrogens is 252 g/mol. The fourth-order valence-electron chi connectivity index (χ4n) is 1.57. The Bertz CT molecular complexity index is 588. The molecule has 0 spiro atoms. The first-order valence-electron chi connectivity index (χ1n) is 5.41. The van der Waals surface area contributed by atoms with Crippen molar-refractivity contribution in [2.24, 2.45) is 4.99 Å². The van der Waals surface area contributed by atoms with Crippen LogP contribution in [0.15, 0.2) is 33.9 Å². The predicted molar refractivity (Wildman–Crippen MR) is 68.5 cm³/mol. The molecule has 1 amide bonds. The van der Waals surface area contributed by atoms with Gasteiger partial charge in [0.25, 0.3) is 5.91 Å². The summed E-state index contributed by atoms with van der Waals surface area (Å²) in [5.41, 5.74) is 0.989. The molecule has 3 heterocycles. The summed E-state index contributed by atoms with van der Waals surface area (Å²) in [6.07, 6.45) is 1.57. The molecule has 2 aromatic rings. The van der Waals surface area contributed by atoms with Crippen LogP contribution in [0, 0.1) is 0 Å². The number of nitrogens with one attached hydrogen (secondary N) is 2. The van der Waals surface area contributed by atoms with Gasteiger partial charge in [0.1, 0.15) is 5.69 Å². The SMILES string of the molecule is O=C(NC1=NCCS1)c1cc(-c2ccco2)[nH]n1. The smallest absolute Gasteiger partial charge is 0.277 e. The van der Waals surface area contributed by atoms with Crippen LogP contribution in [0.1, 0.15) is 10.5 Å². The van der Waals surface area contributed by atoms with Crippen molar-refractivity contribution >= 4 is 22.8 Å². The minimum absolute atomic E-state index is 0.266. The summed E-state index contributed by atoms with van der Waals surface area (Å²) >= 11 is 1.53. The Hall–Kier alpha value is -2.02. The summed E-state index contributed by atoms with van der Waals surface area (Å²) in [4.78, 5) is 16.0. The van der Waals surface area contributed by atoms with Crippen molar-refractivity contribution in [1.29, 1.82) is 0 Å². The van der Waals surface area contributed by atoms with Crippen LogP contribution in [0.4, 0.5) is 0 Å². The van der Waals surface area contributed by atoms with Crippen molar-refractivity contribution in [2.45, 2.75) is 0 Å². The summed E-state index contributed by atoms with van der Waals surface area (Å²) in [6, 6.07) is 5.22. The number of rotatable bonds is 2. The number of aromatic nitrogens is 2. The third-order valence-corrected chi connectivity index (χ3v) is 3.29. The van der Waals surface area contributed by atoms with Gasteiger partial charge < -0.3 is 4.42 Å². The highest BCUT2D eigenvalue weighted by Crippen LogP contribution is 2.18. The number of nitrogens with zero attached hydrogens (tertiary/aromatic N) is 2. The highest BCUT2D eigenvalue weighted by Gasteiger charge is 2.16. The molecule has 0 atom stereocenters. The lowest BCUT2D eigenvalue weighted by Crippen LogP contribution is -2.27. The molecule has 0 saturated carbocycles. The number of aliphatic imine (C=N–C) groups is 1. The number of amides is 1. The maximum atomic E-state index is 11.9. The van der Waals surface area contributed by atoms with Crippen molar-refractivity contribution in [1.82, 2.24) is 15.5 Å². The number of carbonyl (C=O) groups excluding carboxylic acids is 1. The van der Waals surface area contributed by atoms with E-state index in [-0.39, 0.29) is 5.91 Å². The third-order valence-electron chi connectivity index (χ3n) is 2.40. The van der Waals surface area contributed by atoms with E-state index in [1.54, 1.807) is 24.5 Å². The molecule has 7 heteroatoms. The van der Waals surface area contributed by atoms with Crippen LogP contribution >= 0.6 is 11.8 Å². The molecule has 0 unspecified atom stereocenters. The second-order valence-electron chi connectivity index (χ2n) is 3.63. The highest BCUT2D eigenvalue weighted by atomic mass is 32.2. The lowest BCUT2D eigenvalue weighted by molar-refractivity contribution is 0.0973. The maximum absolute atomic E-state index is 11.9. The van der Waals surface area contributed by atoms with Gasteiger partial charge in [-0.3, -0.25) is 20.2 Å². The maximum Gasteiger partial charge on any atom is 0.277 e. The van der Waals surface area contributed by atoms with Crippen molar-refractivity contribution < 1.29 is 9.21 Å². The summed E-state index contributed by atoms with van der Waals surface area (Å²) in [6.45, 7) is 0.749. The topological polar surface area (TPSA) is 83.3 Å². The summed E-state index contributed by atoms with van der Waals surface area (Å²) in [7, 11) is 0. The molecule has 6 nitrogen and oxygen atoms in total. The Labute approximate surface area is 107 Å². The molecule has 0 bridgehead atoms. The van der Waals surface area contributed by atoms with Gasteiger partial charge in [0.15, 0.2) is 16.6 Å². The summed E-state index contributed by atoms with van der Waals surface area (Å²) in [5, 5.41) is 10.1. The first-order valence-corrected chi connectivity index (χ1v) is 6.39. The molecular formula is C11H10N4O2S. The van der Waals surface area contributed by atoms with Crippen molar-refractivity contribution in [3.8, 4) is 11.5 Å². The van der Waals surface area contributed by atoms with Crippen LogP contribution in [0.2, 0.25) is 0 Å². The molecule has 2 aromatic heterocycles. The van der Waals surface area contributed by atoms with Gasteiger partial charge in [-0.2, -0.15) is 5.10 Å². The average molecular weight is 262 g/mol. The molecule has 0 aliphatic carbocycles. The van der Waals surface area contributed by atoms with Crippen LogP contribution in [0.3, 0.4) is 0 Å². The van der Waals surface area contributed by atoms with E-state index in [0.29, 0.717) is 22.3 Å². The van der Waals surface area contributed by atoms with Crippen molar-refractivity contribution in [3.05, 3.63) is 30.2 Å². The van der Waals surface area contributed by atoms with E-state index in [4.69, 9.17) is 4.42 Å². The molecule has 0 aromatic carbocycles. The van der Waals surface area contributed by atoms with Crippen molar-refractivity contribution in [2.75, 3.05) is 12.3 Å². The zero-order valence-corrected chi connectivity index (χ0v) is 10.2. The number of carbonyl (C=O) groups is 1. The monoisotopic (exact) mass is 262 g/mol. The normalized spacial score (nSPS) is 14.6. The van der Waals surface area contributed by atoms with Gasteiger partial charge in [0.2, 0.25) is 0 Å². The second-order valence-corrected chi connectivity index (χ2v) is 4.72. The minimum Gasteiger partial charge on any atom is -0.463 e. The van der Waals surface area contributed by atoms with Gasteiger partial charge in [0.05, 0.1) is 12.8 Å². The van der Waals surface area contributed by atoms with E-state index < -0.39 is 0 Å². The van der Waals surface area contributed by atoms with Gasteiger partial charge in [-0.15, -0.1) is 0 Å². The second kappa shape index (κ2) is 4.69. The first kappa shape index (κ1) is 11.1. The molecule has 18 heavy (non-hydrogen) atoms. The largest absolute Gasteiger partial charge is 0.463 e. The van der Waals surface area contributed by atoms with Crippen molar-refractivity contribution in [3.63, 3.8) is 0 Å². The molecule has 0 radical (unpaired) electrons. The number of thioether (sulfide) groups is 1. The Kier molecular flexibility index (Phi) is 2.89. The van der Waals surface area contributed by atoms with E-state index in [2.05, 4.69) is 20.5 Å². The Morgan fingerprint density at radius 1 is 1.56 bits per heavy atom. The van der Waals surface area contributed by atoms with E-state index in [9.17, 15) is 4.79 Å². The van der Waals surface area contributed by atoms with E-state index >= 15 is 0 Å². The zero-order chi connectivity index (χ0) is 12.4. The number of hydrogen-bond donors (Lipinski definition) is 2. The lowest BCUT2D eigenvalue weighted by atomic mass is 10.3. The molecule has 0 fully saturated rings. The van der Waals surface area contributed by atoms with Gasteiger partial charge in [-0.05, 0) is 12.1 Å². The van der Waals surface area contributed by atoms with Crippen LogP contribution in [0.5, 0.6) is 0 Å². The van der Waals surface area contributed by atoms with Crippen LogP contribution in [-0.4, -0.2) is 33.6 Å². The number of hydrogen-bond acceptors (Lipinski definition) is 5. The molecule has 2 N–H and O–H groups in total. The van der Waals surface area contributed by atoms with Gasteiger partial charge >= 0.3 is 0 Å². The molecule has 0 saturated heterocycles. The third kappa shape index (κ3) is 2.17. The zero-order valence-electron chi connectivity index (χ0n) is 9.34. The highest BCUT2D eigenvalue weighted by molar-refractivity contribution is 8.14. The van der Waals surface area contributed by atoms with Crippen LogP contribution in [-0.2, 0) is 0 Å². The average Bonchev–Trinajstić information content (AvgIpc) is 3.11. The summed E-state index contributed by atoms with van der Waals surface area (Å²) < 4.78 is 5.22. The van der Waals surface area contributed by atoms with Gasteiger partial charge in [-0.1, -0.05) is 11.8 Å². The minimum atomic E-state index is -0.266. The first-order chi connectivity index (χ1) is 8.83.